The van der Waals surface area contributed by atoms with E-state index in [-0.39, 0.29) is 11.9 Å². The molecule has 0 aliphatic heterocycles. The van der Waals surface area contributed by atoms with Crippen molar-refractivity contribution in [3.8, 4) is 0 Å². The van der Waals surface area contributed by atoms with Crippen LogP contribution in [0.4, 0.5) is 4.39 Å². The Morgan fingerprint density at radius 3 is 2.67 bits per heavy atom. The quantitative estimate of drug-likeness (QED) is 0.842. The molecule has 2 atom stereocenters. The molecule has 94 valence electrons. The Balaban J connectivity index is 2.34. The van der Waals surface area contributed by atoms with Gasteiger partial charge < -0.3 is 9.67 Å². The van der Waals surface area contributed by atoms with Crippen molar-refractivity contribution in [2.24, 2.45) is 0 Å². The zero-order valence-corrected chi connectivity index (χ0v) is 10.1. The zero-order valence-electron chi connectivity index (χ0n) is 10.1. The SMILES string of the molecule is C=CC(O)c1cncn1[C@H](C)c1ccc(F)cc1. The molecule has 0 amide bonds. The number of hydrogen-bond donors (Lipinski definition) is 1. The van der Waals surface area contributed by atoms with Gasteiger partial charge in [0.05, 0.1) is 24.3 Å². The molecule has 0 bridgehead atoms. The normalized spacial score (nSPS) is 14.2. The second kappa shape index (κ2) is 5.14. The highest BCUT2D eigenvalue weighted by Crippen LogP contribution is 2.23. The van der Waals surface area contributed by atoms with Crippen LogP contribution in [0.15, 0.2) is 49.4 Å². The predicted octanol–water partition coefficient (Wildman–Crippen LogP) is 2.85. The molecule has 1 aromatic carbocycles. The fourth-order valence-corrected chi connectivity index (χ4v) is 1.89. The van der Waals surface area contributed by atoms with Crippen LogP contribution < -0.4 is 0 Å². The first-order valence-electron chi connectivity index (χ1n) is 5.71. The number of aliphatic hydroxyl groups excluding tert-OH is 1. The fraction of sp³-hybridized carbons (Fsp3) is 0.214. The number of imidazole rings is 1. The standard InChI is InChI=1S/C14H15FN2O/c1-3-14(18)13-8-16-9-17(13)10(2)11-4-6-12(15)7-5-11/h3-10,14,18H,1H2,2H3/t10-,14?/m1/s1. The van der Waals surface area contributed by atoms with E-state index in [0.717, 1.165) is 5.56 Å². The summed E-state index contributed by atoms with van der Waals surface area (Å²) in [5.74, 6) is -0.261. The molecule has 18 heavy (non-hydrogen) atoms. The van der Waals surface area contributed by atoms with E-state index in [4.69, 9.17) is 0 Å². The van der Waals surface area contributed by atoms with Gasteiger partial charge in [-0.1, -0.05) is 18.2 Å². The first-order valence-corrected chi connectivity index (χ1v) is 5.71. The Bertz CT molecular complexity index is 533. The molecule has 1 heterocycles. The van der Waals surface area contributed by atoms with Gasteiger partial charge in [0.15, 0.2) is 0 Å². The van der Waals surface area contributed by atoms with E-state index >= 15 is 0 Å². The molecule has 0 saturated carbocycles. The summed E-state index contributed by atoms with van der Waals surface area (Å²) in [6.07, 6.45) is 3.95. The number of aliphatic hydroxyl groups is 1. The van der Waals surface area contributed by atoms with Crippen LogP contribution in [-0.4, -0.2) is 14.7 Å². The van der Waals surface area contributed by atoms with Crippen LogP contribution in [0.1, 0.15) is 30.3 Å². The largest absolute Gasteiger partial charge is 0.383 e. The third kappa shape index (κ3) is 2.33. The first-order chi connectivity index (χ1) is 8.63. The van der Waals surface area contributed by atoms with E-state index in [0.29, 0.717) is 5.69 Å². The van der Waals surface area contributed by atoms with Crippen molar-refractivity contribution in [3.05, 3.63) is 66.5 Å². The highest BCUT2D eigenvalue weighted by molar-refractivity contribution is 5.22. The van der Waals surface area contributed by atoms with E-state index in [9.17, 15) is 9.50 Å². The molecule has 4 heteroatoms. The van der Waals surface area contributed by atoms with Gasteiger partial charge in [-0.2, -0.15) is 0 Å². The molecule has 3 nitrogen and oxygen atoms in total. The third-order valence-corrected chi connectivity index (χ3v) is 2.99. The van der Waals surface area contributed by atoms with Crippen LogP contribution >= 0.6 is 0 Å². The molecular formula is C14H15FN2O. The lowest BCUT2D eigenvalue weighted by atomic mass is 10.1. The lowest BCUT2D eigenvalue weighted by molar-refractivity contribution is 0.217. The van der Waals surface area contributed by atoms with Gasteiger partial charge >= 0.3 is 0 Å². The lowest BCUT2D eigenvalue weighted by Gasteiger charge is -2.18. The van der Waals surface area contributed by atoms with E-state index < -0.39 is 6.10 Å². The topological polar surface area (TPSA) is 38.1 Å². The summed E-state index contributed by atoms with van der Waals surface area (Å²) in [6, 6.07) is 6.27. The Morgan fingerprint density at radius 1 is 1.39 bits per heavy atom. The van der Waals surface area contributed by atoms with Crippen molar-refractivity contribution in [1.82, 2.24) is 9.55 Å². The van der Waals surface area contributed by atoms with Crippen LogP contribution in [0.3, 0.4) is 0 Å². The lowest BCUT2D eigenvalue weighted by Crippen LogP contribution is -2.11. The van der Waals surface area contributed by atoms with Gasteiger partial charge in [0.1, 0.15) is 11.9 Å². The molecule has 1 N–H and O–H groups in total. The predicted molar refractivity (Wildman–Crippen MR) is 67.6 cm³/mol. The second-order valence-electron chi connectivity index (χ2n) is 4.13. The number of hydrogen-bond acceptors (Lipinski definition) is 2. The maximum atomic E-state index is 12.9. The summed E-state index contributed by atoms with van der Waals surface area (Å²) in [7, 11) is 0. The molecule has 2 aromatic rings. The van der Waals surface area contributed by atoms with Gasteiger partial charge in [-0.05, 0) is 24.6 Å². The van der Waals surface area contributed by atoms with Crippen molar-refractivity contribution in [1.29, 1.82) is 0 Å². The maximum absolute atomic E-state index is 12.9. The minimum absolute atomic E-state index is 0.0299. The Hall–Kier alpha value is -1.94. The smallest absolute Gasteiger partial charge is 0.123 e. The number of nitrogens with zero attached hydrogens (tertiary/aromatic N) is 2. The van der Waals surface area contributed by atoms with E-state index in [2.05, 4.69) is 11.6 Å². The summed E-state index contributed by atoms with van der Waals surface area (Å²) in [6.45, 7) is 5.53. The maximum Gasteiger partial charge on any atom is 0.123 e. The zero-order chi connectivity index (χ0) is 13.1. The highest BCUT2D eigenvalue weighted by atomic mass is 19.1. The molecular weight excluding hydrogens is 231 g/mol. The van der Waals surface area contributed by atoms with Gasteiger partial charge in [-0.3, -0.25) is 0 Å². The van der Waals surface area contributed by atoms with Gasteiger partial charge in [0.2, 0.25) is 0 Å². The van der Waals surface area contributed by atoms with Crippen molar-refractivity contribution < 1.29 is 9.50 Å². The Kier molecular flexibility index (Phi) is 3.58. The minimum atomic E-state index is -0.754. The molecule has 0 radical (unpaired) electrons. The van der Waals surface area contributed by atoms with Gasteiger partial charge in [0.25, 0.3) is 0 Å². The van der Waals surface area contributed by atoms with Crippen molar-refractivity contribution in [2.45, 2.75) is 19.1 Å². The van der Waals surface area contributed by atoms with Crippen LogP contribution in [-0.2, 0) is 0 Å². The summed E-state index contributed by atoms with van der Waals surface area (Å²) >= 11 is 0. The first kappa shape index (κ1) is 12.5. The third-order valence-electron chi connectivity index (χ3n) is 2.99. The molecule has 0 saturated heterocycles. The molecule has 0 fully saturated rings. The van der Waals surface area contributed by atoms with E-state index in [1.165, 1.54) is 18.2 Å². The van der Waals surface area contributed by atoms with E-state index in [1.807, 2.05) is 11.5 Å². The second-order valence-corrected chi connectivity index (χ2v) is 4.13. The van der Waals surface area contributed by atoms with Gasteiger partial charge in [-0.25, -0.2) is 9.37 Å². The summed E-state index contributed by atoms with van der Waals surface area (Å²) in [5.41, 5.74) is 1.62. The number of rotatable bonds is 4. The molecule has 0 spiro atoms. The highest BCUT2D eigenvalue weighted by Gasteiger charge is 2.15. The average Bonchev–Trinajstić information content (AvgIpc) is 2.87. The van der Waals surface area contributed by atoms with Crippen LogP contribution in [0.2, 0.25) is 0 Å². The fourth-order valence-electron chi connectivity index (χ4n) is 1.89. The number of halogens is 1. The van der Waals surface area contributed by atoms with Gasteiger partial charge in [-0.15, -0.1) is 6.58 Å². The number of aromatic nitrogens is 2. The Labute approximate surface area is 105 Å². The molecule has 1 unspecified atom stereocenters. The van der Waals surface area contributed by atoms with Crippen LogP contribution in [0.25, 0.3) is 0 Å². The molecule has 2 rings (SSSR count). The van der Waals surface area contributed by atoms with Crippen LogP contribution in [0, 0.1) is 5.82 Å². The average molecular weight is 246 g/mol. The van der Waals surface area contributed by atoms with Gasteiger partial charge in [0, 0.05) is 0 Å². The molecule has 0 aliphatic carbocycles. The van der Waals surface area contributed by atoms with Crippen molar-refractivity contribution >= 4 is 0 Å². The molecule has 1 aromatic heterocycles. The summed E-state index contributed by atoms with van der Waals surface area (Å²) < 4.78 is 14.7. The number of benzene rings is 1. The Morgan fingerprint density at radius 2 is 2.06 bits per heavy atom. The summed E-state index contributed by atoms with van der Waals surface area (Å²) in [4.78, 5) is 4.04. The molecule has 0 aliphatic rings. The van der Waals surface area contributed by atoms with Crippen molar-refractivity contribution in [2.75, 3.05) is 0 Å². The van der Waals surface area contributed by atoms with Crippen molar-refractivity contribution in [3.63, 3.8) is 0 Å². The summed E-state index contributed by atoms with van der Waals surface area (Å²) in [5, 5.41) is 9.80. The van der Waals surface area contributed by atoms with E-state index in [1.54, 1.807) is 24.7 Å². The van der Waals surface area contributed by atoms with Crippen LogP contribution in [0.5, 0.6) is 0 Å². The monoisotopic (exact) mass is 246 g/mol. The minimum Gasteiger partial charge on any atom is -0.383 e.